The topological polar surface area (TPSA) is 47.3 Å². The van der Waals surface area contributed by atoms with Crippen molar-refractivity contribution in [3.63, 3.8) is 0 Å². The van der Waals surface area contributed by atoms with E-state index in [0.717, 1.165) is 6.42 Å². The van der Waals surface area contributed by atoms with E-state index in [1.165, 1.54) is 13.2 Å². The van der Waals surface area contributed by atoms with Crippen LogP contribution in [0.15, 0.2) is 24.8 Å². The number of nitrogens with one attached hydrogen (secondary N) is 1. The molecule has 0 aliphatic carbocycles. The number of rotatable bonds is 5. The van der Waals surface area contributed by atoms with Gasteiger partial charge in [0.2, 0.25) is 0 Å². The molecule has 0 aliphatic rings. The molecule has 0 aromatic heterocycles. The van der Waals surface area contributed by atoms with Crippen molar-refractivity contribution < 1.29 is 9.13 Å². The lowest BCUT2D eigenvalue weighted by atomic mass is 10.2. The van der Waals surface area contributed by atoms with Gasteiger partial charge in [-0.1, -0.05) is 6.08 Å². The summed E-state index contributed by atoms with van der Waals surface area (Å²) < 4.78 is 18.2. The van der Waals surface area contributed by atoms with Gasteiger partial charge in [-0.25, -0.2) is 4.39 Å². The number of nitrogens with two attached hydrogens (primary N) is 1. The lowest BCUT2D eigenvalue weighted by Gasteiger charge is -2.16. The fourth-order valence-electron chi connectivity index (χ4n) is 1.42. The maximum atomic E-state index is 13.3. The van der Waals surface area contributed by atoms with Gasteiger partial charge in [0, 0.05) is 18.2 Å². The third-order valence-corrected chi connectivity index (χ3v) is 2.25. The van der Waals surface area contributed by atoms with Crippen molar-refractivity contribution in [1.29, 1.82) is 0 Å². The molecule has 3 N–H and O–H groups in total. The summed E-state index contributed by atoms with van der Waals surface area (Å²) in [7, 11) is 1.42. The van der Waals surface area contributed by atoms with Crippen LogP contribution in [0.3, 0.4) is 0 Å². The molecule has 88 valence electrons. The van der Waals surface area contributed by atoms with Gasteiger partial charge in [0.05, 0.1) is 18.5 Å². The molecule has 1 aromatic rings. The molecule has 0 amide bonds. The van der Waals surface area contributed by atoms with Crippen LogP contribution in [0.4, 0.5) is 15.8 Å². The molecule has 0 spiro atoms. The Morgan fingerprint density at radius 2 is 2.31 bits per heavy atom. The number of methoxy groups -OCH3 is 1. The summed E-state index contributed by atoms with van der Waals surface area (Å²) in [6.07, 6.45) is 2.62. The summed E-state index contributed by atoms with van der Waals surface area (Å²) in [5.41, 5.74) is 6.75. The minimum atomic E-state index is -0.457. The summed E-state index contributed by atoms with van der Waals surface area (Å²) in [6.45, 7) is 5.65. The molecule has 0 heterocycles. The molecule has 1 rings (SSSR count). The summed E-state index contributed by atoms with van der Waals surface area (Å²) in [6, 6.07) is 3.00. The summed E-state index contributed by atoms with van der Waals surface area (Å²) >= 11 is 0. The first-order chi connectivity index (χ1) is 7.58. The first-order valence-electron chi connectivity index (χ1n) is 5.09. The second-order valence-electron chi connectivity index (χ2n) is 3.64. The van der Waals surface area contributed by atoms with Gasteiger partial charge in [-0.2, -0.15) is 0 Å². The Hall–Kier alpha value is -1.71. The molecule has 1 aromatic carbocycles. The number of nitrogen functional groups attached to an aromatic ring is 1. The van der Waals surface area contributed by atoms with Gasteiger partial charge in [-0.15, -0.1) is 6.58 Å². The first-order valence-corrected chi connectivity index (χ1v) is 5.09. The van der Waals surface area contributed by atoms with E-state index < -0.39 is 5.82 Å². The lowest BCUT2D eigenvalue weighted by molar-refractivity contribution is 0.387. The van der Waals surface area contributed by atoms with Crippen LogP contribution in [0.2, 0.25) is 0 Å². The molecular formula is C12H17FN2O. The van der Waals surface area contributed by atoms with Crippen LogP contribution in [0.5, 0.6) is 5.75 Å². The second-order valence-corrected chi connectivity index (χ2v) is 3.64. The van der Waals surface area contributed by atoms with Crippen molar-refractivity contribution in [3.05, 3.63) is 30.6 Å². The van der Waals surface area contributed by atoms with Crippen LogP contribution in [0, 0.1) is 5.82 Å². The average molecular weight is 224 g/mol. The summed E-state index contributed by atoms with van der Waals surface area (Å²) in [5.74, 6) is -0.274. The highest BCUT2D eigenvalue weighted by Gasteiger charge is 2.09. The van der Waals surface area contributed by atoms with E-state index in [4.69, 9.17) is 10.5 Å². The minimum Gasteiger partial charge on any atom is -0.494 e. The van der Waals surface area contributed by atoms with E-state index in [1.54, 1.807) is 6.07 Å². The molecule has 1 atom stereocenters. The Morgan fingerprint density at radius 1 is 1.62 bits per heavy atom. The van der Waals surface area contributed by atoms with E-state index in [9.17, 15) is 4.39 Å². The maximum absolute atomic E-state index is 13.3. The Labute approximate surface area is 95.1 Å². The smallest absolute Gasteiger partial charge is 0.167 e. The minimum absolute atomic E-state index is 0.183. The molecule has 0 bridgehead atoms. The Morgan fingerprint density at radius 3 is 2.88 bits per heavy atom. The van der Waals surface area contributed by atoms with Gasteiger partial charge >= 0.3 is 0 Å². The van der Waals surface area contributed by atoms with E-state index in [0.29, 0.717) is 11.4 Å². The number of hydrogen-bond donors (Lipinski definition) is 2. The molecule has 0 saturated heterocycles. The number of halogens is 1. The molecule has 0 aliphatic heterocycles. The fraction of sp³-hybridized carbons (Fsp3) is 0.333. The number of benzene rings is 1. The van der Waals surface area contributed by atoms with Gasteiger partial charge in [0.15, 0.2) is 11.6 Å². The van der Waals surface area contributed by atoms with Gasteiger partial charge < -0.3 is 15.8 Å². The van der Waals surface area contributed by atoms with E-state index in [1.807, 2.05) is 13.0 Å². The van der Waals surface area contributed by atoms with Gasteiger partial charge in [-0.05, 0) is 13.3 Å². The zero-order valence-corrected chi connectivity index (χ0v) is 9.59. The van der Waals surface area contributed by atoms with E-state index in [2.05, 4.69) is 11.9 Å². The molecule has 16 heavy (non-hydrogen) atoms. The molecular weight excluding hydrogens is 207 g/mol. The Balaban J connectivity index is 2.91. The Bertz CT molecular complexity index is 380. The standard InChI is InChI=1S/C12H17FN2O/c1-4-5-8(2)15-11-7-12(16-3)9(13)6-10(11)14/h4,6-8,15H,1,5,14H2,2-3H3. The monoisotopic (exact) mass is 224 g/mol. The van der Waals surface area contributed by atoms with Crippen LogP contribution in [-0.4, -0.2) is 13.2 Å². The highest BCUT2D eigenvalue weighted by atomic mass is 19.1. The third-order valence-electron chi connectivity index (χ3n) is 2.25. The quantitative estimate of drug-likeness (QED) is 0.597. The lowest BCUT2D eigenvalue weighted by Crippen LogP contribution is -2.15. The largest absolute Gasteiger partial charge is 0.494 e. The molecule has 0 fully saturated rings. The van der Waals surface area contributed by atoms with Crippen molar-refractivity contribution in [3.8, 4) is 5.75 Å². The van der Waals surface area contributed by atoms with Crippen molar-refractivity contribution >= 4 is 11.4 Å². The highest BCUT2D eigenvalue weighted by Crippen LogP contribution is 2.28. The zero-order chi connectivity index (χ0) is 12.1. The van der Waals surface area contributed by atoms with Gasteiger partial charge in [0.25, 0.3) is 0 Å². The van der Waals surface area contributed by atoms with E-state index in [-0.39, 0.29) is 11.8 Å². The molecule has 4 heteroatoms. The van der Waals surface area contributed by atoms with Crippen LogP contribution < -0.4 is 15.8 Å². The van der Waals surface area contributed by atoms with Crippen LogP contribution in [0.25, 0.3) is 0 Å². The van der Waals surface area contributed by atoms with Crippen LogP contribution in [-0.2, 0) is 0 Å². The van der Waals surface area contributed by atoms with Crippen molar-refractivity contribution in [2.45, 2.75) is 19.4 Å². The van der Waals surface area contributed by atoms with Gasteiger partial charge in [-0.3, -0.25) is 0 Å². The second kappa shape index (κ2) is 5.39. The SMILES string of the molecule is C=CCC(C)Nc1cc(OC)c(F)cc1N. The van der Waals surface area contributed by atoms with Crippen LogP contribution >= 0.6 is 0 Å². The number of hydrogen-bond acceptors (Lipinski definition) is 3. The summed E-state index contributed by atoms with van der Waals surface area (Å²) in [4.78, 5) is 0. The average Bonchev–Trinajstić information content (AvgIpc) is 2.22. The molecule has 1 unspecified atom stereocenters. The summed E-state index contributed by atoms with van der Waals surface area (Å²) in [5, 5.41) is 3.17. The van der Waals surface area contributed by atoms with Crippen molar-refractivity contribution in [2.75, 3.05) is 18.2 Å². The normalized spacial score (nSPS) is 11.9. The highest BCUT2D eigenvalue weighted by molar-refractivity contribution is 5.68. The predicted molar refractivity (Wildman–Crippen MR) is 65.3 cm³/mol. The fourth-order valence-corrected chi connectivity index (χ4v) is 1.42. The van der Waals surface area contributed by atoms with E-state index >= 15 is 0 Å². The third kappa shape index (κ3) is 2.89. The predicted octanol–water partition coefficient (Wildman–Crippen LogP) is 2.79. The van der Waals surface area contributed by atoms with Crippen molar-refractivity contribution in [1.82, 2.24) is 0 Å². The number of ether oxygens (including phenoxy) is 1. The molecule has 0 saturated carbocycles. The maximum Gasteiger partial charge on any atom is 0.167 e. The van der Waals surface area contributed by atoms with Crippen LogP contribution in [0.1, 0.15) is 13.3 Å². The number of anilines is 2. The van der Waals surface area contributed by atoms with Crippen molar-refractivity contribution in [2.24, 2.45) is 0 Å². The zero-order valence-electron chi connectivity index (χ0n) is 9.59. The molecule has 0 radical (unpaired) electrons. The molecule has 3 nitrogen and oxygen atoms in total. The first kappa shape index (κ1) is 12.4. The Kier molecular flexibility index (Phi) is 4.17. The van der Waals surface area contributed by atoms with Gasteiger partial charge in [0.1, 0.15) is 0 Å².